The van der Waals surface area contributed by atoms with Crippen molar-refractivity contribution in [2.75, 3.05) is 0 Å². The van der Waals surface area contributed by atoms with Gasteiger partial charge in [0.2, 0.25) is 0 Å². The van der Waals surface area contributed by atoms with Crippen LogP contribution in [-0.2, 0) is 12.8 Å². The summed E-state index contributed by atoms with van der Waals surface area (Å²) in [7, 11) is 0. The molecule has 0 aliphatic heterocycles. The Morgan fingerprint density at radius 3 is 3.07 bits per heavy atom. The monoisotopic (exact) mass is 205 g/mol. The molecule has 0 saturated heterocycles. The molecule has 3 heteroatoms. The fraction of sp³-hybridized carbons (Fsp3) is 0.500. The second-order valence-corrected chi connectivity index (χ2v) is 4.19. The lowest BCUT2D eigenvalue weighted by molar-refractivity contribution is 0.112. The zero-order valence-corrected chi connectivity index (χ0v) is 8.88. The van der Waals surface area contributed by atoms with E-state index in [0.717, 1.165) is 36.9 Å². The van der Waals surface area contributed by atoms with E-state index in [2.05, 4.69) is 11.9 Å². The number of carbonyl (C=O) groups excluding carboxylic acids is 1. The summed E-state index contributed by atoms with van der Waals surface area (Å²) in [4.78, 5) is 24.8. The van der Waals surface area contributed by atoms with Crippen LogP contribution >= 0.6 is 0 Å². The van der Waals surface area contributed by atoms with Gasteiger partial charge in [-0.05, 0) is 36.8 Å². The third-order valence-electron chi connectivity index (χ3n) is 3.26. The smallest absolute Gasteiger partial charge is 0.258 e. The third kappa shape index (κ3) is 1.87. The summed E-state index contributed by atoms with van der Waals surface area (Å²) in [5.74, 6) is 0.697. The number of hydrogen-bond acceptors (Lipinski definition) is 2. The molecule has 0 amide bonds. The van der Waals surface area contributed by atoms with Gasteiger partial charge in [0, 0.05) is 5.69 Å². The quantitative estimate of drug-likeness (QED) is 0.747. The van der Waals surface area contributed by atoms with Crippen molar-refractivity contribution < 1.29 is 4.79 Å². The summed E-state index contributed by atoms with van der Waals surface area (Å²) in [6, 6.07) is 1.75. The lowest BCUT2D eigenvalue weighted by atomic mass is 9.85. The molecule has 0 aromatic carbocycles. The molecule has 1 heterocycles. The summed E-state index contributed by atoms with van der Waals surface area (Å²) < 4.78 is 0. The molecule has 0 saturated carbocycles. The maximum atomic E-state index is 11.4. The molecule has 0 spiro atoms. The van der Waals surface area contributed by atoms with Crippen molar-refractivity contribution in [3.63, 3.8) is 0 Å². The first-order valence-electron chi connectivity index (χ1n) is 5.44. The molecule has 80 valence electrons. The zero-order valence-electron chi connectivity index (χ0n) is 8.88. The van der Waals surface area contributed by atoms with E-state index >= 15 is 0 Å². The van der Waals surface area contributed by atoms with Crippen LogP contribution in [0.25, 0.3) is 0 Å². The molecule has 1 aliphatic rings. The van der Waals surface area contributed by atoms with E-state index in [1.807, 2.05) is 0 Å². The van der Waals surface area contributed by atoms with Gasteiger partial charge >= 0.3 is 0 Å². The lowest BCUT2D eigenvalue weighted by Gasteiger charge is -2.23. The number of H-pyrrole nitrogens is 1. The minimum atomic E-state index is -0.251. The van der Waals surface area contributed by atoms with Crippen molar-refractivity contribution in [1.82, 2.24) is 4.98 Å². The Bertz CT molecular complexity index is 434. The number of fused-ring (bicyclic) bond motifs is 1. The Morgan fingerprint density at radius 1 is 1.60 bits per heavy atom. The van der Waals surface area contributed by atoms with Crippen molar-refractivity contribution in [3.8, 4) is 0 Å². The number of pyridine rings is 1. The summed E-state index contributed by atoms with van der Waals surface area (Å²) in [6.07, 6.45) is 4.86. The van der Waals surface area contributed by atoms with Crippen molar-refractivity contribution in [2.24, 2.45) is 5.92 Å². The van der Waals surface area contributed by atoms with Crippen LogP contribution in [0.3, 0.4) is 0 Å². The minimum absolute atomic E-state index is 0.251. The number of carbonyl (C=O) groups is 1. The summed E-state index contributed by atoms with van der Waals surface area (Å²) >= 11 is 0. The third-order valence-corrected chi connectivity index (χ3v) is 3.26. The number of nitrogens with one attached hydrogen (secondary N) is 1. The summed E-state index contributed by atoms with van der Waals surface area (Å²) in [6.45, 7) is 2.18. The van der Waals surface area contributed by atoms with Gasteiger partial charge in [-0.25, -0.2) is 0 Å². The van der Waals surface area contributed by atoms with Gasteiger partial charge in [-0.1, -0.05) is 13.3 Å². The van der Waals surface area contributed by atoms with Crippen LogP contribution in [-0.4, -0.2) is 11.3 Å². The summed E-state index contributed by atoms with van der Waals surface area (Å²) in [5, 5.41) is 0. The summed E-state index contributed by atoms with van der Waals surface area (Å²) in [5.41, 5.74) is 2.18. The molecule has 1 N–H and O–H groups in total. The topological polar surface area (TPSA) is 49.9 Å². The van der Waals surface area contributed by atoms with E-state index < -0.39 is 0 Å². The van der Waals surface area contributed by atoms with Crippen LogP contribution in [0.4, 0.5) is 0 Å². The van der Waals surface area contributed by atoms with E-state index in [-0.39, 0.29) is 11.1 Å². The number of aryl methyl sites for hydroxylation is 1. The lowest BCUT2D eigenvalue weighted by Crippen LogP contribution is -2.22. The molecular formula is C12H15NO2. The first-order valence-corrected chi connectivity index (χ1v) is 5.44. The molecule has 1 atom stereocenters. The van der Waals surface area contributed by atoms with Crippen LogP contribution in [0.1, 0.15) is 41.4 Å². The Kier molecular flexibility index (Phi) is 2.71. The van der Waals surface area contributed by atoms with Crippen molar-refractivity contribution in [1.29, 1.82) is 0 Å². The van der Waals surface area contributed by atoms with Crippen molar-refractivity contribution in [2.45, 2.75) is 32.6 Å². The Labute approximate surface area is 88.5 Å². The molecule has 2 rings (SSSR count). The number of aldehydes is 1. The first kappa shape index (κ1) is 10.1. The highest BCUT2D eigenvalue weighted by Gasteiger charge is 2.18. The highest BCUT2D eigenvalue weighted by molar-refractivity contribution is 5.74. The predicted octanol–water partition coefficient (Wildman–Crippen LogP) is 1.70. The highest BCUT2D eigenvalue weighted by atomic mass is 16.1. The number of rotatable bonds is 2. The maximum Gasteiger partial charge on any atom is 0.258 e. The molecule has 0 bridgehead atoms. The fourth-order valence-electron chi connectivity index (χ4n) is 2.23. The van der Waals surface area contributed by atoms with Crippen molar-refractivity contribution in [3.05, 3.63) is 33.2 Å². The van der Waals surface area contributed by atoms with Gasteiger partial charge in [-0.15, -0.1) is 0 Å². The van der Waals surface area contributed by atoms with E-state index in [0.29, 0.717) is 12.2 Å². The normalized spacial score (nSPS) is 19.7. The van der Waals surface area contributed by atoms with E-state index in [1.54, 1.807) is 6.07 Å². The number of aromatic amines is 1. The second-order valence-electron chi connectivity index (χ2n) is 4.19. The number of aromatic nitrogens is 1. The molecule has 1 aromatic heterocycles. The molecule has 0 fully saturated rings. The van der Waals surface area contributed by atoms with E-state index in [4.69, 9.17) is 0 Å². The Balaban J connectivity index is 2.41. The second kappa shape index (κ2) is 4.01. The van der Waals surface area contributed by atoms with Gasteiger partial charge < -0.3 is 4.98 Å². The van der Waals surface area contributed by atoms with Gasteiger partial charge in [0.05, 0.1) is 5.56 Å². The van der Waals surface area contributed by atoms with Crippen LogP contribution in [0.15, 0.2) is 10.9 Å². The molecule has 15 heavy (non-hydrogen) atoms. The maximum absolute atomic E-state index is 11.4. The van der Waals surface area contributed by atoms with Crippen LogP contribution in [0, 0.1) is 5.92 Å². The van der Waals surface area contributed by atoms with Gasteiger partial charge in [0.15, 0.2) is 6.29 Å². The fourth-order valence-corrected chi connectivity index (χ4v) is 2.23. The molecule has 1 aliphatic carbocycles. The minimum Gasteiger partial charge on any atom is -0.325 e. The van der Waals surface area contributed by atoms with E-state index in [1.165, 1.54) is 0 Å². The van der Waals surface area contributed by atoms with Crippen LogP contribution < -0.4 is 5.56 Å². The first-order chi connectivity index (χ1) is 7.24. The van der Waals surface area contributed by atoms with Gasteiger partial charge in [0.25, 0.3) is 5.56 Å². The van der Waals surface area contributed by atoms with Crippen LogP contribution in [0.5, 0.6) is 0 Å². The average Bonchev–Trinajstić information content (AvgIpc) is 2.27. The molecular weight excluding hydrogens is 190 g/mol. The standard InChI is InChI=1S/C12H15NO2/c1-2-8-3-4-11-9(5-8)6-10(7-14)12(15)13-11/h6-8H,2-5H2,1H3,(H,13,15). The molecule has 1 aromatic rings. The number of hydrogen-bond donors (Lipinski definition) is 1. The SMILES string of the molecule is CCC1CCc2[nH]c(=O)c(C=O)cc2C1. The molecule has 3 nitrogen and oxygen atoms in total. The zero-order chi connectivity index (χ0) is 10.8. The highest BCUT2D eigenvalue weighted by Crippen LogP contribution is 2.25. The van der Waals surface area contributed by atoms with Crippen LogP contribution in [0.2, 0.25) is 0 Å². The average molecular weight is 205 g/mol. The Hall–Kier alpha value is -1.38. The largest absolute Gasteiger partial charge is 0.325 e. The van der Waals surface area contributed by atoms with Gasteiger partial charge in [-0.3, -0.25) is 9.59 Å². The molecule has 0 radical (unpaired) electrons. The van der Waals surface area contributed by atoms with E-state index in [9.17, 15) is 9.59 Å². The van der Waals surface area contributed by atoms with Gasteiger partial charge in [-0.2, -0.15) is 0 Å². The Morgan fingerprint density at radius 2 is 2.40 bits per heavy atom. The molecule has 1 unspecified atom stereocenters. The van der Waals surface area contributed by atoms with Gasteiger partial charge in [0.1, 0.15) is 0 Å². The van der Waals surface area contributed by atoms with Crippen molar-refractivity contribution >= 4 is 6.29 Å². The predicted molar refractivity (Wildman–Crippen MR) is 58.3 cm³/mol.